The zero-order chi connectivity index (χ0) is 11.8. The van der Waals surface area contributed by atoms with E-state index in [2.05, 4.69) is 19.1 Å². The fourth-order valence-electron chi connectivity index (χ4n) is 1.67. The van der Waals surface area contributed by atoms with E-state index in [-0.39, 0.29) is 6.04 Å². The van der Waals surface area contributed by atoms with Crippen LogP contribution in [-0.2, 0) is 17.6 Å². The van der Waals surface area contributed by atoms with E-state index in [1.807, 2.05) is 18.3 Å². The number of rotatable bonds is 8. The van der Waals surface area contributed by atoms with Crippen molar-refractivity contribution in [1.82, 2.24) is 0 Å². The highest BCUT2D eigenvalue weighted by Crippen LogP contribution is 2.18. The van der Waals surface area contributed by atoms with Gasteiger partial charge in [-0.25, -0.2) is 0 Å². The van der Waals surface area contributed by atoms with Crippen molar-refractivity contribution < 1.29 is 4.74 Å². The summed E-state index contributed by atoms with van der Waals surface area (Å²) in [5, 5.41) is 0. The van der Waals surface area contributed by atoms with Gasteiger partial charge in [-0.05, 0) is 44.7 Å². The van der Waals surface area contributed by atoms with Gasteiger partial charge in [0.15, 0.2) is 0 Å². The summed E-state index contributed by atoms with van der Waals surface area (Å²) < 4.78 is 5.30. The quantitative estimate of drug-likeness (QED) is 0.710. The molecule has 0 aliphatic carbocycles. The van der Waals surface area contributed by atoms with E-state index >= 15 is 0 Å². The van der Waals surface area contributed by atoms with Gasteiger partial charge in [0.25, 0.3) is 0 Å². The highest BCUT2D eigenvalue weighted by molar-refractivity contribution is 7.11. The van der Waals surface area contributed by atoms with Crippen molar-refractivity contribution in [3.8, 4) is 0 Å². The van der Waals surface area contributed by atoms with E-state index in [1.54, 1.807) is 0 Å². The van der Waals surface area contributed by atoms with Crippen LogP contribution in [0.2, 0.25) is 0 Å². The SMILES string of the molecule is CCOCCCC(N)Cc1ccc(CC)s1. The molecule has 0 aliphatic rings. The smallest absolute Gasteiger partial charge is 0.0466 e. The van der Waals surface area contributed by atoms with Crippen LogP contribution < -0.4 is 5.73 Å². The van der Waals surface area contributed by atoms with Gasteiger partial charge in [-0.1, -0.05) is 6.92 Å². The van der Waals surface area contributed by atoms with Crippen molar-refractivity contribution in [3.63, 3.8) is 0 Å². The first kappa shape index (κ1) is 13.7. The Bertz CT molecular complexity index is 285. The predicted octanol–water partition coefficient (Wildman–Crippen LogP) is 3.00. The molecule has 16 heavy (non-hydrogen) atoms. The Labute approximate surface area is 103 Å². The maximum absolute atomic E-state index is 6.09. The van der Waals surface area contributed by atoms with Crippen LogP contribution in [0.4, 0.5) is 0 Å². The molecule has 0 bridgehead atoms. The lowest BCUT2D eigenvalue weighted by Crippen LogP contribution is -2.22. The highest BCUT2D eigenvalue weighted by Gasteiger charge is 2.06. The molecule has 2 N–H and O–H groups in total. The second-order valence-corrected chi connectivity index (χ2v) is 5.28. The minimum atomic E-state index is 0.281. The molecule has 1 heterocycles. The third-order valence-corrected chi connectivity index (χ3v) is 3.85. The topological polar surface area (TPSA) is 35.2 Å². The predicted molar refractivity (Wildman–Crippen MR) is 71.1 cm³/mol. The molecule has 0 aliphatic heterocycles. The van der Waals surface area contributed by atoms with Gasteiger partial charge in [-0.15, -0.1) is 11.3 Å². The van der Waals surface area contributed by atoms with E-state index in [0.29, 0.717) is 0 Å². The largest absolute Gasteiger partial charge is 0.382 e. The first-order chi connectivity index (χ1) is 7.76. The molecule has 3 heteroatoms. The van der Waals surface area contributed by atoms with Crippen molar-refractivity contribution in [3.05, 3.63) is 21.9 Å². The Kier molecular flexibility index (Phi) is 6.69. The van der Waals surface area contributed by atoms with E-state index in [1.165, 1.54) is 9.75 Å². The molecule has 1 aromatic rings. The maximum Gasteiger partial charge on any atom is 0.0466 e. The van der Waals surface area contributed by atoms with E-state index in [4.69, 9.17) is 10.5 Å². The second kappa shape index (κ2) is 7.82. The van der Waals surface area contributed by atoms with Crippen LogP contribution in [0.1, 0.15) is 36.4 Å². The summed E-state index contributed by atoms with van der Waals surface area (Å²) in [7, 11) is 0. The number of hydrogen-bond donors (Lipinski definition) is 1. The van der Waals surface area contributed by atoms with Gasteiger partial charge in [0.2, 0.25) is 0 Å². The van der Waals surface area contributed by atoms with Crippen molar-refractivity contribution in [2.75, 3.05) is 13.2 Å². The van der Waals surface area contributed by atoms with Crippen molar-refractivity contribution in [1.29, 1.82) is 0 Å². The molecular formula is C13H23NOS. The Balaban J connectivity index is 2.20. The number of aryl methyl sites for hydroxylation is 1. The van der Waals surface area contributed by atoms with Gasteiger partial charge in [0.1, 0.15) is 0 Å². The van der Waals surface area contributed by atoms with Gasteiger partial charge >= 0.3 is 0 Å². The first-order valence-electron chi connectivity index (χ1n) is 6.17. The Hall–Kier alpha value is -0.380. The van der Waals surface area contributed by atoms with E-state index in [9.17, 15) is 0 Å². The summed E-state index contributed by atoms with van der Waals surface area (Å²) >= 11 is 1.89. The molecule has 0 radical (unpaired) electrons. The van der Waals surface area contributed by atoms with Crippen LogP contribution in [-0.4, -0.2) is 19.3 Å². The molecule has 0 spiro atoms. The average molecular weight is 241 g/mol. The Morgan fingerprint density at radius 2 is 2.06 bits per heavy atom. The third kappa shape index (κ3) is 5.10. The van der Waals surface area contributed by atoms with Gasteiger partial charge < -0.3 is 10.5 Å². The van der Waals surface area contributed by atoms with Crippen molar-refractivity contribution >= 4 is 11.3 Å². The Morgan fingerprint density at radius 3 is 2.69 bits per heavy atom. The summed E-state index contributed by atoms with van der Waals surface area (Å²) in [6, 6.07) is 4.71. The molecule has 0 saturated carbocycles. The van der Waals surface area contributed by atoms with Crippen LogP contribution in [0.15, 0.2) is 12.1 Å². The van der Waals surface area contributed by atoms with E-state index in [0.717, 1.165) is 38.9 Å². The second-order valence-electron chi connectivity index (χ2n) is 4.02. The molecule has 2 nitrogen and oxygen atoms in total. The number of hydrogen-bond acceptors (Lipinski definition) is 3. The summed E-state index contributed by atoms with van der Waals surface area (Å²) in [5.41, 5.74) is 6.09. The van der Waals surface area contributed by atoms with Gasteiger partial charge in [0, 0.05) is 29.0 Å². The van der Waals surface area contributed by atoms with Gasteiger partial charge in [-0.3, -0.25) is 0 Å². The molecule has 0 fully saturated rings. The van der Waals surface area contributed by atoms with Crippen LogP contribution in [0.3, 0.4) is 0 Å². The third-order valence-electron chi connectivity index (χ3n) is 2.60. The minimum absolute atomic E-state index is 0.281. The molecule has 1 atom stereocenters. The highest BCUT2D eigenvalue weighted by atomic mass is 32.1. The molecule has 0 saturated heterocycles. The zero-order valence-corrected chi connectivity index (χ0v) is 11.2. The minimum Gasteiger partial charge on any atom is -0.382 e. The lowest BCUT2D eigenvalue weighted by molar-refractivity contribution is 0.142. The maximum atomic E-state index is 6.09. The summed E-state index contributed by atoms with van der Waals surface area (Å²) in [4.78, 5) is 2.87. The first-order valence-corrected chi connectivity index (χ1v) is 6.98. The lowest BCUT2D eigenvalue weighted by Gasteiger charge is -2.09. The summed E-state index contributed by atoms with van der Waals surface area (Å²) in [6.07, 6.45) is 4.27. The average Bonchev–Trinajstić information content (AvgIpc) is 2.72. The molecule has 1 rings (SSSR count). The monoisotopic (exact) mass is 241 g/mol. The zero-order valence-electron chi connectivity index (χ0n) is 10.4. The van der Waals surface area contributed by atoms with Crippen LogP contribution in [0.25, 0.3) is 0 Å². The van der Waals surface area contributed by atoms with Crippen molar-refractivity contribution in [2.45, 2.75) is 45.6 Å². The van der Waals surface area contributed by atoms with E-state index < -0.39 is 0 Å². The molecule has 0 amide bonds. The Morgan fingerprint density at radius 1 is 1.31 bits per heavy atom. The van der Waals surface area contributed by atoms with Crippen LogP contribution in [0.5, 0.6) is 0 Å². The lowest BCUT2D eigenvalue weighted by atomic mass is 10.1. The molecule has 0 aromatic carbocycles. The van der Waals surface area contributed by atoms with Gasteiger partial charge in [0.05, 0.1) is 0 Å². The fourth-order valence-corrected chi connectivity index (χ4v) is 2.73. The van der Waals surface area contributed by atoms with Crippen LogP contribution >= 0.6 is 11.3 Å². The normalized spacial score (nSPS) is 12.9. The van der Waals surface area contributed by atoms with Gasteiger partial charge in [-0.2, -0.15) is 0 Å². The molecule has 1 aromatic heterocycles. The number of nitrogens with two attached hydrogens (primary N) is 1. The molecular weight excluding hydrogens is 218 g/mol. The molecule has 1 unspecified atom stereocenters. The molecule has 92 valence electrons. The number of thiophene rings is 1. The summed E-state index contributed by atoms with van der Waals surface area (Å²) in [5.74, 6) is 0. The standard InChI is InChI=1S/C13H23NOS/c1-3-12-7-8-13(16-12)10-11(14)6-5-9-15-4-2/h7-8,11H,3-6,9-10,14H2,1-2H3. The fraction of sp³-hybridized carbons (Fsp3) is 0.692. The number of ether oxygens (including phenoxy) is 1. The van der Waals surface area contributed by atoms with Crippen molar-refractivity contribution in [2.24, 2.45) is 5.73 Å². The van der Waals surface area contributed by atoms with Crippen LogP contribution in [0, 0.1) is 0 Å². The summed E-state index contributed by atoms with van der Waals surface area (Å²) in [6.45, 7) is 5.87.